The van der Waals surface area contributed by atoms with Crippen LogP contribution < -0.4 is 5.32 Å². The van der Waals surface area contributed by atoms with E-state index in [0.717, 1.165) is 30.9 Å². The first-order chi connectivity index (χ1) is 13.1. The Balaban J connectivity index is 1.40. The molecular weight excluding hydrogens is 332 g/mol. The largest absolute Gasteiger partial charge is 0.352 e. The number of amides is 1. The number of nitrogens with one attached hydrogen (secondary N) is 1. The van der Waals surface area contributed by atoms with Crippen LogP contribution in [0.25, 0.3) is 0 Å². The first-order valence-electron chi connectivity index (χ1n) is 10.3. The predicted molar refractivity (Wildman–Crippen MR) is 112 cm³/mol. The number of carbonyl (C=O) groups is 1. The summed E-state index contributed by atoms with van der Waals surface area (Å²) in [4.78, 5) is 14.8. The molecule has 0 aliphatic carbocycles. The van der Waals surface area contributed by atoms with Crippen LogP contribution in [0.2, 0.25) is 0 Å². The normalized spacial score (nSPS) is 15.6. The molecule has 1 heterocycles. The molecule has 2 aromatic carbocycles. The zero-order valence-corrected chi connectivity index (χ0v) is 16.7. The summed E-state index contributed by atoms with van der Waals surface area (Å²) < 4.78 is 0. The Hall–Kier alpha value is -2.13. The molecule has 3 nitrogen and oxygen atoms in total. The molecule has 1 fully saturated rings. The van der Waals surface area contributed by atoms with Crippen LogP contribution in [-0.2, 0) is 13.0 Å². The lowest BCUT2D eigenvalue weighted by Gasteiger charge is -2.30. The number of hydrogen-bond acceptors (Lipinski definition) is 2. The molecule has 144 valence electrons. The van der Waals surface area contributed by atoms with E-state index in [1.807, 2.05) is 12.1 Å². The van der Waals surface area contributed by atoms with Gasteiger partial charge in [-0.15, -0.1) is 0 Å². The van der Waals surface area contributed by atoms with Gasteiger partial charge in [0.15, 0.2) is 0 Å². The summed E-state index contributed by atoms with van der Waals surface area (Å²) in [6, 6.07) is 16.7. The topological polar surface area (TPSA) is 32.3 Å². The Bertz CT molecular complexity index is 713. The van der Waals surface area contributed by atoms with Gasteiger partial charge in [-0.3, -0.25) is 9.69 Å². The number of hydrogen-bond donors (Lipinski definition) is 1. The van der Waals surface area contributed by atoms with Crippen LogP contribution in [0.1, 0.15) is 53.2 Å². The van der Waals surface area contributed by atoms with Crippen LogP contribution in [0.4, 0.5) is 0 Å². The average molecular weight is 365 g/mol. The van der Waals surface area contributed by atoms with Crippen LogP contribution in [0.15, 0.2) is 48.5 Å². The number of rotatable bonds is 7. The van der Waals surface area contributed by atoms with Gasteiger partial charge in [-0.05, 0) is 74.9 Å². The summed E-state index contributed by atoms with van der Waals surface area (Å²) in [6.45, 7) is 8.51. The van der Waals surface area contributed by atoms with E-state index in [2.05, 4.69) is 60.5 Å². The number of aryl methyl sites for hydroxylation is 2. The van der Waals surface area contributed by atoms with E-state index < -0.39 is 0 Å². The minimum absolute atomic E-state index is 0.0252. The lowest BCUT2D eigenvalue weighted by molar-refractivity contribution is 0.0953. The zero-order valence-electron chi connectivity index (χ0n) is 16.7. The Morgan fingerprint density at radius 1 is 1.00 bits per heavy atom. The fourth-order valence-electron chi connectivity index (χ4n) is 3.59. The average Bonchev–Trinajstić information content (AvgIpc) is 2.69. The van der Waals surface area contributed by atoms with Gasteiger partial charge in [0.25, 0.3) is 5.91 Å². The van der Waals surface area contributed by atoms with E-state index in [1.54, 1.807) is 0 Å². The molecule has 0 saturated carbocycles. The quantitative estimate of drug-likeness (QED) is 0.729. The summed E-state index contributed by atoms with van der Waals surface area (Å²) >= 11 is 0. The molecule has 3 heteroatoms. The third-order valence-corrected chi connectivity index (χ3v) is 5.55. The van der Waals surface area contributed by atoms with Crippen molar-refractivity contribution >= 4 is 5.91 Å². The molecule has 27 heavy (non-hydrogen) atoms. The van der Waals surface area contributed by atoms with Gasteiger partial charge >= 0.3 is 0 Å². The molecule has 1 N–H and O–H groups in total. The maximum absolute atomic E-state index is 12.3. The molecule has 0 radical (unpaired) electrons. The number of nitrogens with zero attached hydrogens (tertiary/aromatic N) is 1. The molecule has 1 aliphatic heterocycles. The van der Waals surface area contributed by atoms with Gasteiger partial charge in [0, 0.05) is 18.7 Å². The summed E-state index contributed by atoms with van der Waals surface area (Å²) in [5.41, 5.74) is 4.65. The smallest absolute Gasteiger partial charge is 0.251 e. The van der Waals surface area contributed by atoms with Crippen molar-refractivity contribution in [1.82, 2.24) is 10.2 Å². The van der Waals surface area contributed by atoms with Crippen molar-refractivity contribution in [3.05, 3.63) is 70.8 Å². The summed E-state index contributed by atoms with van der Waals surface area (Å²) in [5, 5.41) is 3.04. The summed E-state index contributed by atoms with van der Waals surface area (Å²) in [5.74, 6) is 0.885. The SMILES string of the molecule is Cc1ccc(CCCNC(=O)c2ccc(CN3CCC(C)CC3)cc2)cc1. The molecular formula is C24H32N2O. The molecule has 1 amide bonds. The standard InChI is InChI=1S/C24H32N2O/c1-19-5-7-21(8-6-19)4-3-15-25-24(27)23-11-9-22(10-12-23)18-26-16-13-20(2)14-17-26/h5-12,20H,3-4,13-18H2,1-2H3,(H,25,27). The number of likely N-dealkylation sites (tertiary alicyclic amines) is 1. The number of carbonyl (C=O) groups excluding carboxylic acids is 1. The monoisotopic (exact) mass is 364 g/mol. The molecule has 0 aromatic heterocycles. The van der Waals surface area contributed by atoms with Crippen molar-refractivity contribution in [2.24, 2.45) is 5.92 Å². The van der Waals surface area contributed by atoms with Crippen LogP contribution in [-0.4, -0.2) is 30.4 Å². The van der Waals surface area contributed by atoms with Crippen molar-refractivity contribution in [1.29, 1.82) is 0 Å². The second-order valence-corrected chi connectivity index (χ2v) is 8.00. The lowest BCUT2D eigenvalue weighted by Crippen LogP contribution is -2.32. The van der Waals surface area contributed by atoms with Gasteiger partial charge < -0.3 is 5.32 Å². The summed E-state index contributed by atoms with van der Waals surface area (Å²) in [6.07, 6.45) is 4.54. The molecule has 2 aromatic rings. The van der Waals surface area contributed by atoms with Crippen molar-refractivity contribution < 1.29 is 4.79 Å². The van der Waals surface area contributed by atoms with Gasteiger partial charge in [0.05, 0.1) is 0 Å². The molecule has 0 bridgehead atoms. The second-order valence-electron chi connectivity index (χ2n) is 8.00. The Labute approximate surface area is 163 Å². The molecule has 0 unspecified atom stereocenters. The molecule has 0 spiro atoms. The van der Waals surface area contributed by atoms with E-state index in [4.69, 9.17) is 0 Å². The van der Waals surface area contributed by atoms with Gasteiger partial charge in [0.1, 0.15) is 0 Å². The van der Waals surface area contributed by atoms with Crippen molar-refractivity contribution in [2.75, 3.05) is 19.6 Å². The van der Waals surface area contributed by atoms with Crippen LogP contribution in [0, 0.1) is 12.8 Å². The predicted octanol–water partition coefficient (Wildman–Crippen LogP) is 4.59. The van der Waals surface area contributed by atoms with E-state index in [9.17, 15) is 4.79 Å². The minimum atomic E-state index is 0.0252. The number of piperidine rings is 1. The maximum atomic E-state index is 12.3. The van der Waals surface area contributed by atoms with Crippen LogP contribution in [0.5, 0.6) is 0 Å². The molecule has 0 atom stereocenters. The Kier molecular flexibility index (Phi) is 7.05. The molecule has 1 saturated heterocycles. The summed E-state index contributed by atoms with van der Waals surface area (Å²) in [7, 11) is 0. The third kappa shape index (κ3) is 6.21. The Morgan fingerprint density at radius 2 is 1.63 bits per heavy atom. The fourth-order valence-corrected chi connectivity index (χ4v) is 3.59. The van der Waals surface area contributed by atoms with E-state index >= 15 is 0 Å². The zero-order chi connectivity index (χ0) is 19.1. The fraction of sp³-hybridized carbons (Fsp3) is 0.458. The van der Waals surface area contributed by atoms with E-state index in [0.29, 0.717) is 6.54 Å². The minimum Gasteiger partial charge on any atom is -0.352 e. The highest BCUT2D eigenvalue weighted by Crippen LogP contribution is 2.18. The van der Waals surface area contributed by atoms with Crippen LogP contribution >= 0.6 is 0 Å². The van der Waals surface area contributed by atoms with Crippen molar-refractivity contribution in [3.63, 3.8) is 0 Å². The Morgan fingerprint density at radius 3 is 2.30 bits per heavy atom. The van der Waals surface area contributed by atoms with Crippen molar-refractivity contribution in [2.45, 2.75) is 46.1 Å². The lowest BCUT2D eigenvalue weighted by atomic mass is 9.99. The maximum Gasteiger partial charge on any atom is 0.251 e. The third-order valence-electron chi connectivity index (χ3n) is 5.55. The van der Waals surface area contributed by atoms with Crippen molar-refractivity contribution in [3.8, 4) is 0 Å². The highest BCUT2D eigenvalue weighted by atomic mass is 16.1. The van der Waals surface area contributed by atoms with E-state index in [-0.39, 0.29) is 5.91 Å². The van der Waals surface area contributed by atoms with Gasteiger partial charge in [-0.2, -0.15) is 0 Å². The van der Waals surface area contributed by atoms with Gasteiger partial charge in [-0.25, -0.2) is 0 Å². The van der Waals surface area contributed by atoms with Crippen LogP contribution in [0.3, 0.4) is 0 Å². The highest BCUT2D eigenvalue weighted by Gasteiger charge is 2.15. The molecule has 1 aliphatic rings. The first-order valence-corrected chi connectivity index (χ1v) is 10.3. The highest BCUT2D eigenvalue weighted by molar-refractivity contribution is 5.94. The van der Waals surface area contributed by atoms with Gasteiger partial charge in [0.2, 0.25) is 0 Å². The first kappa shape index (κ1) is 19.6. The van der Waals surface area contributed by atoms with Gasteiger partial charge in [-0.1, -0.05) is 48.9 Å². The second kappa shape index (κ2) is 9.70. The number of benzene rings is 2. The molecule has 3 rings (SSSR count). The van der Waals surface area contributed by atoms with E-state index in [1.165, 1.54) is 42.6 Å².